The Bertz CT molecular complexity index is 640. The monoisotopic (exact) mass is 332 g/mol. The zero-order valence-electron chi connectivity index (χ0n) is 8.57. The molecule has 0 spiro atoms. The molecule has 0 saturated heterocycles. The summed E-state index contributed by atoms with van der Waals surface area (Å²) >= 11 is 4.07. The van der Waals surface area contributed by atoms with Crippen LogP contribution in [0.5, 0.6) is 0 Å². The number of aromatic amines is 1. The van der Waals surface area contributed by atoms with Crippen LogP contribution < -0.4 is 5.56 Å². The van der Waals surface area contributed by atoms with E-state index in [9.17, 15) is 9.59 Å². The van der Waals surface area contributed by atoms with Gasteiger partial charge >= 0.3 is 5.97 Å². The Hall–Kier alpha value is -1.75. The van der Waals surface area contributed by atoms with Crippen molar-refractivity contribution in [3.05, 3.63) is 21.2 Å². The van der Waals surface area contributed by atoms with Gasteiger partial charge in [0.05, 0.1) is 6.33 Å². The first kappa shape index (κ1) is 12.7. The van der Waals surface area contributed by atoms with Crippen LogP contribution in [0.3, 0.4) is 0 Å². The smallest absolute Gasteiger partial charge is 0.325 e. The van der Waals surface area contributed by atoms with Crippen LogP contribution in [0.4, 0.5) is 0 Å². The average molecular weight is 333 g/mol. The number of hydrogen-bond acceptors (Lipinski definition) is 7. The van der Waals surface area contributed by atoms with Crippen molar-refractivity contribution in [2.24, 2.45) is 0 Å². The van der Waals surface area contributed by atoms with E-state index in [1.165, 1.54) is 6.33 Å². The summed E-state index contributed by atoms with van der Waals surface area (Å²) in [4.78, 5) is 28.2. The molecule has 0 amide bonds. The standard InChI is InChI=1S/C7H5BrN6O3S/c8-4-5(17)9-2-10-6(4)18-7-11-12-13-14(7)1-3(15)16/h2H,1H2,(H,15,16)(H,9,10,17). The van der Waals surface area contributed by atoms with E-state index in [-0.39, 0.29) is 21.7 Å². The molecule has 0 aliphatic rings. The van der Waals surface area contributed by atoms with E-state index in [1.807, 2.05) is 0 Å². The molecule has 0 aliphatic heterocycles. The molecule has 0 radical (unpaired) electrons. The first-order valence-electron chi connectivity index (χ1n) is 4.47. The van der Waals surface area contributed by atoms with Gasteiger partial charge in [-0.25, -0.2) is 9.67 Å². The maximum absolute atomic E-state index is 11.3. The molecular formula is C7H5BrN6O3S. The number of tetrazole rings is 1. The molecule has 94 valence electrons. The molecule has 2 aromatic rings. The number of nitrogens with one attached hydrogen (secondary N) is 1. The van der Waals surface area contributed by atoms with Crippen LogP contribution in [0.2, 0.25) is 0 Å². The van der Waals surface area contributed by atoms with Gasteiger partial charge in [0.15, 0.2) is 0 Å². The summed E-state index contributed by atoms with van der Waals surface area (Å²) < 4.78 is 1.34. The number of carboxylic acids is 1. The van der Waals surface area contributed by atoms with Crippen molar-refractivity contribution in [3.63, 3.8) is 0 Å². The molecule has 0 atom stereocenters. The summed E-state index contributed by atoms with van der Waals surface area (Å²) in [6.45, 7) is -0.365. The lowest BCUT2D eigenvalue weighted by Crippen LogP contribution is -2.12. The zero-order chi connectivity index (χ0) is 13.1. The minimum atomic E-state index is -1.07. The third kappa shape index (κ3) is 2.73. The van der Waals surface area contributed by atoms with Crippen LogP contribution in [0.1, 0.15) is 0 Å². The predicted octanol–water partition coefficient (Wildman–Crippen LogP) is -0.245. The highest BCUT2D eigenvalue weighted by Gasteiger charge is 2.14. The summed E-state index contributed by atoms with van der Waals surface area (Å²) in [7, 11) is 0. The van der Waals surface area contributed by atoms with Crippen molar-refractivity contribution in [2.75, 3.05) is 0 Å². The summed E-state index contributed by atoms with van der Waals surface area (Å²) in [5, 5.41) is 19.8. The maximum atomic E-state index is 11.3. The number of hydrogen-bond donors (Lipinski definition) is 2. The van der Waals surface area contributed by atoms with Crippen LogP contribution >= 0.6 is 27.7 Å². The number of H-pyrrole nitrogens is 1. The van der Waals surface area contributed by atoms with E-state index in [0.29, 0.717) is 5.03 Å². The molecule has 0 aliphatic carbocycles. The van der Waals surface area contributed by atoms with Gasteiger partial charge < -0.3 is 10.1 Å². The maximum Gasteiger partial charge on any atom is 0.325 e. The third-order valence-corrected chi connectivity index (χ3v) is 3.71. The summed E-state index contributed by atoms with van der Waals surface area (Å²) in [5.41, 5.74) is -0.343. The largest absolute Gasteiger partial charge is 0.480 e. The second kappa shape index (κ2) is 5.27. The van der Waals surface area contributed by atoms with E-state index in [2.05, 4.69) is 41.4 Å². The Balaban J connectivity index is 2.29. The molecule has 0 saturated carbocycles. The highest BCUT2D eigenvalue weighted by Crippen LogP contribution is 2.27. The Kier molecular flexibility index (Phi) is 3.72. The Morgan fingerprint density at radius 3 is 3.11 bits per heavy atom. The molecule has 9 nitrogen and oxygen atoms in total. The fraction of sp³-hybridized carbons (Fsp3) is 0.143. The highest BCUT2D eigenvalue weighted by molar-refractivity contribution is 9.10. The lowest BCUT2D eigenvalue weighted by molar-refractivity contribution is -0.138. The van der Waals surface area contributed by atoms with Crippen molar-refractivity contribution in [1.82, 2.24) is 30.2 Å². The average Bonchev–Trinajstić information content (AvgIpc) is 2.72. The molecule has 0 unspecified atom stereocenters. The molecule has 0 aromatic carbocycles. The van der Waals surface area contributed by atoms with Gasteiger partial charge in [-0.2, -0.15) is 0 Å². The van der Waals surface area contributed by atoms with E-state index in [1.54, 1.807) is 0 Å². The van der Waals surface area contributed by atoms with E-state index in [4.69, 9.17) is 5.11 Å². The van der Waals surface area contributed by atoms with Crippen LogP contribution in [0, 0.1) is 0 Å². The Morgan fingerprint density at radius 1 is 1.61 bits per heavy atom. The number of aliphatic carboxylic acids is 1. The highest BCUT2D eigenvalue weighted by atomic mass is 79.9. The number of rotatable bonds is 4. The molecule has 2 heterocycles. The molecule has 2 N–H and O–H groups in total. The topological polar surface area (TPSA) is 127 Å². The van der Waals surface area contributed by atoms with Gasteiger partial charge in [0.2, 0.25) is 5.16 Å². The van der Waals surface area contributed by atoms with E-state index < -0.39 is 5.97 Å². The van der Waals surface area contributed by atoms with Crippen LogP contribution in [-0.2, 0) is 11.3 Å². The number of carbonyl (C=O) groups is 1. The summed E-state index contributed by atoms with van der Waals surface area (Å²) in [6.07, 6.45) is 1.24. The second-order valence-electron chi connectivity index (χ2n) is 2.97. The zero-order valence-corrected chi connectivity index (χ0v) is 11.0. The van der Waals surface area contributed by atoms with Crippen molar-refractivity contribution in [2.45, 2.75) is 16.7 Å². The van der Waals surface area contributed by atoms with Crippen molar-refractivity contribution < 1.29 is 9.90 Å². The number of carboxylic acid groups (broad SMARTS) is 1. The van der Waals surface area contributed by atoms with Crippen LogP contribution in [0.15, 0.2) is 25.8 Å². The SMILES string of the molecule is O=C(O)Cn1nnnc1Sc1nc[nH]c(=O)c1Br. The fourth-order valence-corrected chi connectivity index (χ4v) is 2.23. The second-order valence-corrected chi connectivity index (χ2v) is 4.71. The Labute approximate surface area is 112 Å². The molecular weight excluding hydrogens is 328 g/mol. The lowest BCUT2D eigenvalue weighted by atomic mass is 10.7. The Morgan fingerprint density at radius 2 is 2.39 bits per heavy atom. The minimum absolute atomic E-state index is 0.233. The lowest BCUT2D eigenvalue weighted by Gasteiger charge is -2.01. The molecule has 18 heavy (non-hydrogen) atoms. The molecule has 2 aromatic heterocycles. The van der Waals surface area contributed by atoms with Crippen molar-refractivity contribution in [3.8, 4) is 0 Å². The molecule has 0 bridgehead atoms. The van der Waals surface area contributed by atoms with Gasteiger partial charge in [-0.15, -0.1) is 5.10 Å². The molecule has 11 heteroatoms. The summed E-state index contributed by atoms with van der Waals surface area (Å²) in [5.74, 6) is -1.07. The van der Waals surface area contributed by atoms with Crippen LogP contribution in [-0.4, -0.2) is 41.3 Å². The van der Waals surface area contributed by atoms with Gasteiger partial charge in [-0.3, -0.25) is 9.59 Å². The van der Waals surface area contributed by atoms with Crippen molar-refractivity contribution in [1.29, 1.82) is 0 Å². The van der Waals surface area contributed by atoms with Gasteiger partial charge in [0.25, 0.3) is 5.56 Å². The van der Waals surface area contributed by atoms with Gasteiger partial charge in [0.1, 0.15) is 16.0 Å². The molecule has 0 fully saturated rings. The third-order valence-electron chi connectivity index (χ3n) is 1.74. The number of nitrogens with zero attached hydrogens (tertiary/aromatic N) is 5. The fourth-order valence-electron chi connectivity index (χ4n) is 1.02. The van der Waals surface area contributed by atoms with Gasteiger partial charge in [0, 0.05) is 0 Å². The number of halogens is 1. The first-order chi connectivity index (χ1) is 8.58. The predicted molar refractivity (Wildman–Crippen MR) is 62.1 cm³/mol. The van der Waals surface area contributed by atoms with E-state index >= 15 is 0 Å². The van der Waals surface area contributed by atoms with Crippen molar-refractivity contribution >= 4 is 33.7 Å². The first-order valence-corrected chi connectivity index (χ1v) is 6.08. The minimum Gasteiger partial charge on any atom is -0.480 e. The van der Waals surface area contributed by atoms with E-state index in [0.717, 1.165) is 16.4 Å². The summed E-state index contributed by atoms with van der Waals surface area (Å²) in [6, 6.07) is 0. The number of aromatic nitrogens is 6. The molecule has 2 rings (SSSR count). The van der Waals surface area contributed by atoms with Crippen LogP contribution in [0.25, 0.3) is 0 Å². The van der Waals surface area contributed by atoms with Gasteiger partial charge in [-0.1, -0.05) is 0 Å². The van der Waals surface area contributed by atoms with Gasteiger partial charge in [-0.05, 0) is 38.1 Å². The quantitative estimate of drug-likeness (QED) is 0.734. The normalized spacial score (nSPS) is 10.5.